The molecule has 0 amide bonds. The predicted molar refractivity (Wildman–Crippen MR) is 98.3 cm³/mol. The maximum Gasteiger partial charge on any atom is 0.102 e. The van der Waals surface area contributed by atoms with Crippen LogP contribution in [0.15, 0.2) is 24.3 Å². The van der Waals surface area contributed by atoms with Crippen molar-refractivity contribution in [3.05, 3.63) is 24.3 Å². The Morgan fingerprint density at radius 1 is 0.727 bits per heavy atom. The molecule has 1 heterocycles. The quantitative estimate of drug-likeness (QED) is 0.181. The Bertz CT molecular complexity index is 292. The molecule has 0 aromatic heterocycles. The molecule has 1 nitrogen and oxygen atoms in total. The lowest BCUT2D eigenvalue weighted by Gasteiger charge is -1.99. The van der Waals surface area contributed by atoms with Crippen LogP contribution < -0.4 is 0 Å². The van der Waals surface area contributed by atoms with Crippen molar-refractivity contribution in [1.82, 2.24) is 0 Å². The fraction of sp³-hybridized carbons (Fsp3) is 0.810. The highest BCUT2D eigenvalue weighted by Gasteiger charge is 2.35. The number of epoxide rings is 1. The molecule has 1 saturated heterocycles. The van der Waals surface area contributed by atoms with Gasteiger partial charge in [-0.2, -0.15) is 0 Å². The molecular formula is C21H38O. The van der Waals surface area contributed by atoms with Crippen molar-refractivity contribution in [2.45, 2.75) is 110 Å². The summed E-state index contributed by atoms with van der Waals surface area (Å²) in [5.41, 5.74) is 0. The van der Waals surface area contributed by atoms with Gasteiger partial charge in [-0.3, -0.25) is 0 Å². The van der Waals surface area contributed by atoms with E-state index in [-0.39, 0.29) is 0 Å². The first-order valence-corrected chi connectivity index (χ1v) is 9.85. The minimum absolute atomic E-state index is 0.425. The molecule has 0 radical (unpaired) electrons. The third-order valence-electron chi connectivity index (χ3n) is 4.45. The van der Waals surface area contributed by atoms with Crippen molar-refractivity contribution in [3.8, 4) is 0 Å². The summed E-state index contributed by atoms with van der Waals surface area (Å²) in [4.78, 5) is 0. The molecule has 1 fully saturated rings. The highest BCUT2D eigenvalue weighted by molar-refractivity contribution is 5.04. The summed E-state index contributed by atoms with van der Waals surface area (Å²) in [7, 11) is 0. The average molecular weight is 307 g/mol. The zero-order valence-electron chi connectivity index (χ0n) is 15.1. The maximum absolute atomic E-state index is 5.71. The van der Waals surface area contributed by atoms with Crippen molar-refractivity contribution in [2.75, 3.05) is 0 Å². The van der Waals surface area contributed by atoms with Crippen molar-refractivity contribution >= 4 is 0 Å². The van der Waals surface area contributed by atoms with Gasteiger partial charge in [0.25, 0.3) is 0 Å². The van der Waals surface area contributed by atoms with Crippen molar-refractivity contribution < 1.29 is 4.74 Å². The second-order valence-corrected chi connectivity index (χ2v) is 6.68. The summed E-state index contributed by atoms with van der Waals surface area (Å²) >= 11 is 0. The van der Waals surface area contributed by atoms with E-state index in [9.17, 15) is 0 Å². The van der Waals surface area contributed by atoms with E-state index >= 15 is 0 Å². The first-order chi connectivity index (χ1) is 10.9. The molecule has 1 rings (SSSR count). The van der Waals surface area contributed by atoms with E-state index in [2.05, 4.69) is 38.2 Å². The van der Waals surface area contributed by atoms with Gasteiger partial charge in [0.05, 0.1) is 6.10 Å². The monoisotopic (exact) mass is 306 g/mol. The second kappa shape index (κ2) is 14.1. The Morgan fingerprint density at radius 3 is 2.18 bits per heavy atom. The fourth-order valence-corrected chi connectivity index (χ4v) is 2.88. The molecule has 0 aromatic carbocycles. The van der Waals surface area contributed by atoms with Crippen LogP contribution in [-0.4, -0.2) is 12.2 Å². The third-order valence-corrected chi connectivity index (χ3v) is 4.45. The number of rotatable bonds is 15. The van der Waals surface area contributed by atoms with Crippen LogP contribution in [0.25, 0.3) is 0 Å². The molecule has 0 bridgehead atoms. The normalized spacial score (nSPS) is 21.2. The molecule has 1 aliphatic rings. The molecule has 0 aromatic rings. The zero-order valence-corrected chi connectivity index (χ0v) is 15.1. The number of unbranched alkanes of at least 4 members (excludes halogenated alkanes) is 9. The lowest BCUT2D eigenvalue weighted by molar-refractivity contribution is 0.372. The van der Waals surface area contributed by atoms with E-state index in [4.69, 9.17) is 4.74 Å². The Morgan fingerprint density at radius 2 is 1.41 bits per heavy atom. The summed E-state index contributed by atoms with van der Waals surface area (Å²) in [6, 6.07) is 0. The zero-order chi connectivity index (χ0) is 15.9. The van der Waals surface area contributed by atoms with Crippen LogP contribution in [0.5, 0.6) is 0 Å². The SMILES string of the molecule is CCCCC/C=C\C/C=C\[C@H]1O[C@@H]1CCCCCCCCC. The fourth-order valence-electron chi connectivity index (χ4n) is 2.88. The predicted octanol–water partition coefficient (Wildman–Crippen LogP) is 6.98. The standard InChI is InChI=1S/C21H38O/c1-3-5-7-9-11-13-15-17-19-21-20(22-21)18-16-14-12-10-8-6-4-2/h11,13,17,19-21H,3-10,12,14-16,18H2,1-2H3/b13-11-,19-17-/t20-,21-/m1/s1. The lowest BCUT2D eigenvalue weighted by Crippen LogP contribution is -1.91. The van der Waals surface area contributed by atoms with Gasteiger partial charge < -0.3 is 4.74 Å². The molecule has 1 aliphatic heterocycles. The molecule has 0 unspecified atom stereocenters. The van der Waals surface area contributed by atoms with Gasteiger partial charge in [-0.05, 0) is 25.7 Å². The number of ether oxygens (including phenoxy) is 1. The highest BCUT2D eigenvalue weighted by Crippen LogP contribution is 2.28. The van der Waals surface area contributed by atoms with E-state index in [1.807, 2.05) is 0 Å². The molecule has 22 heavy (non-hydrogen) atoms. The van der Waals surface area contributed by atoms with Crippen molar-refractivity contribution in [2.24, 2.45) is 0 Å². The summed E-state index contributed by atoms with van der Waals surface area (Å²) in [5, 5.41) is 0. The smallest absolute Gasteiger partial charge is 0.102 e. The Kier molecular flexibility index (Phi) is 12.5. The Labute approximate surface area is 139 Å². The van der Waals surface area contributed by atoms with Gasteiger partial charge in [-0.25, -0.2) is 0 Å². The summed E-state index contributed by atoms with van der Waals surface area (Å²) in [6.45, 7) is 4.53. The van der Waals surface area contributed by atoms with Crippen molar-refractivity contribution in [1.29, 1.82) is 0 Å². The molecular weight excluding hydrogens is 268 g/mol. The first kappa shape index (κ1) is 19.5. The van der Waals surface area contributed by atoms with Crippen LogP contribution in [0, 0.1) is 0 Å². The summed E-state index contributed by atoms with van der Waals surface area (Å²) in [5.74, 6) is 0. The molecule has 0 aliphatic carbocycles. The maximum atomic E-state index is 5.71. The van der Waals surface area contributed by atoms with E-state index < -0.39 is 0 Å². The van der Waals surface area contributed by atoms with Gasteiger partial charge in [0.15, 0.2) is 0 Å². The van der Waals surface area contributed by atoms with Crippen molar-refractivity contribution in [3.63, 3.8) is 0 Å². The third kappa shape index (κ3) is 11.1. The van der Waals surface area contributed by atoms with Crippen LogP contribution >= 0.6 is 0 Å². The van der Waals surface area contributed by atoms with Gasteiger partial charge in [0, 0.05) is 0 Å². The summed E-state index contributed by atoms with van der Waals surface area (Å²) < 4.78 is 5.71. The lowest BCUT2D eigenvalue weighted by atomic mass is 10.1. The minimum atomic E-state index is 0.425. The first-order valence-electron chi connectivity index (χ1n) is 9.85. The molecule has 1 heteroatoms. The van der Waals surface area contributed by atoms with Crippen LogP contribution in [-0.2, 0) is 4.74 Å². The van der Waals surface area contributed by atoms with Gasteiger partial charge in [-0.1, -0.05) is 95.9 Å². The second-order valence-electron chi connectivity index (χ2n) is 6.68. The Hall–Kier alpha value is -0.560. The van der Waals surface area contributed by atoms with Crippen LogP contribution in [0.1, 0.15) is 97.3 Å². The van der Waals surface area contributed by atoms with Gasteiger partial charge >= 0.3 is 0 Å². The average Bonchev–Trinajstić information content (AvgIpc) is 3.27. The van der Waals surface area contributed by atoms with Gasteiger partial charge in [-0.15, -0.1) is 0 Å². The number of allylic oxidation sites excluding steroid dienone is 3. The number of hydrogen-bond donors (Lipinski definition) is 0. The van der Waals surface area contributed by atoms with E-state index in [1.54, 1.807) is 0 Å². The van der Waals surface area contributed by atoms with E-state index in [0.29, 0.717) is 12.2 Å². The topological polar surface area (TPSA) is 12.5 Å². The summed E-state index contributed by atoms with van der Waals surface area (Å²) in [6.07, 6.45) is 27.4. The molecule has 0 spiro atoms. The Balaban J connectivity index is 1.86. The molecule has 2 atom stereocenters. The van der Waals surface area contributed by atoms with Crippen LogP contribution in [0.4, 0.5) is 0 Å². The van der Waals surface area contributed by atoms with E-state index in [1.165, 1.54) is 77.0 Å². The largest absolute Gasteiger partial charge is 0.365 e. The van der Waals surface area contributed by atoms with Gasteiger partial charge in [0.2, 0.25) is 0 Å². The van der Waals surface area contributed by atoms with E-state index in [0.717, 1.165) is 6.42 Å². The number of hydrogen-bond acceptors (Lipinski definition) is 1. The van der Waals surface area contributed by atoms with Crippen LogP contribution in [0.2, 0.25) is 0 Å². The highest BCUT2D eigenvalue weighted by atomic mass is 16.6. The molecule has 0 saturated carbocycles. The minimum Gasteiger partial charge on any atom is -0.365 e. The van der Waals surface area contributed by atoms with Crippen LogP contribution in [0.3, 0.4) is 0 Å². The van der Waals surface area contributed by atoms with Gasteiger partial charge in [0.1, 0.15) is 6.10 Å². The molecule has 128 valence electrons. The molecule has 0 N–H and O–H groups in total.